The van der Waals surface area contributed by atoms with E-state index in [1.165, 1.54) is 11.1 Å². The quantitative estimate of drug-likeness (QED) is 0.632. The van der Waals surface area contributed by atoms with Gasteiger partial charge in [-0.1, -0.05) is 48.5 Å². The van der Waals surface area contributed by atoms with E-state index in [0.717, 1.165) is 31.6 Å². The highest BCUT2D eigenvalue weighted by molar-refractivity contribution is 5.97. The van der Waals surface area contributed by atoms with Crippen molar-refractivity contribution in [1.29, 1.82) is 0 Å². The minimum absolute atomic E-state index is 0.0340. The van der Waals surface area contributed by atoms with E-state index in [0.29, 0.717) is 5.96 Å². The molecule has 5 nitrogen and oxygen atoms in total. The number of hydrogen-bond acceptors (Lipinski definition) is 2. The van der Waals surface area contributed by atoms with Gasteiger partial charge < -0.3 is 15.5 Å². The molecule has 0 spiro atoms. The highest BCUT2D eigenvalue weighted by atomic mass is 16.2. The molecule has 1 aliphatic heterocycles. The van der Waals surface area contributed by atoms with Crippen LogP contribution < -0.4 is 15.5 Å². The van der Waals surface area contributed by atoms with Gasteiger partial charge in [-0.3, -0.25) is 4.79 Å². The third-order valence-electron chi connectivity index (χ3n) is 4.78. The number of aliphatic imine (C=N–C) groups is 1. The molecule has 1 heterocycles. The largest absolute Gasteiger partial charge is 0.357 e. The Morgan fingerprint density at radius 3 is 2.67 bits per heavy atom. The van der Waals surface area contributed by atoms with Crippen molar-refractivity contribution < 1.29 is 4.79 Å². The molecule has 1 unspecified atom stereocenters. The number of hydrogen-bond donors (Lipinski definition) is 2. The highest BCUT2D eigenvalue weighted by Gasteiger charge is 2.21. The van der Waals surface area contributed by atoms with Crippen LogP contribution in [-0.2, 0) is 11.2 Å². The van der Waals surface area contributed by atoms with Gasteiger partial charge in [0.25, 0.3) is 0 Å². The van der Waals surface area contributed by atoms with E-state index in [1.807, 2.05) is 48.2 Å². The molecular formula is C22H28N4O. The Hall–Kier alpha value is -2.82. The molecular weight excluding hydrogens is 336 g/mol. The summed E-state index contributed by atoms with van der Waals surface area (Å²) >= 11 is 0. The molecule has 27 heavy (non-hydrogen) atoms. The molecule has 2 aromatic rings. The van der Waals surface area contributed by atoms with E-state index >= 15 is 0 Å². The molecule has 142 valence electrons. The van der Waals surface area contributed by atoms with Gasteiger partial charge in [0, 0.05) is 18.8 Å². The van der Waals surface area contributed by atoms with Crippen LogP contribution in [0.3, 0.4) is 0 Å². The molecule has 2 N–H and O–H groups in total. The first kappa shape index (κ1) is 19.0. The Labute approximate surface area is 161 Å². The smallest absolute Gasteiger partial charge is 0.248 e. The number of fused-ring (bicyclic) bond motifs is 1. The number of rotatable bonds is 5. The van der Waals surface area contributed by atoms with Crippen molar-refractivity contribution in [3.05, 3.63) is 65.7 Å². The number of nitrogens with one attached hydrogen (secondary N) is 2. The first-order valence-corrected chi connectivity index (χ1v) is 9.67. The molecule has 0 bridgehead atoms. The second-order valence-corrected chi connectivity index (χ2v) is 6.75. The molecule has 3 rings (SSSR count). The van der Waals surface area contributed by atoms with E-state index in [1.54, 1.807) is 0 Å². The van der Waals surface area contributed by atoms with E-state index in [2.05, 4.69) is 40.7 Å². The molecule has 5 heteroatoms. The number of amides is 1. The van der Waals surface area contributed by atoms with Crippen molar-refractivity contribution >= 4 is 17.6 Å². The van der Waals surface area contributed by atoms with Crippen molar-refractivity contribution in [2.24, 2.45) is 4.99 Å². The maximum absolute atomic E-state index is 12.8. The second-order valence-electron chi connectivity index (χ2n) is 6.75. The lowest BCUT2D eigenvalue weighted by atomic mass is 10.0. The van der Waals surface area contributed by atoms with Gasteiger partial charge in [0.1, 0.15) is 6.54 Å². The Morgan fingerprint density at radius 2 is 1.89 bits per heavy atom. The van der Waals surface area contributed by atoms with Crippen molar-refractivity contribution in [2.75, 3.05) is 24.5 Å². The fourth-order valence-electron chi connectivity index (χ4n) is 3.37. The molecule has 0 aromatic heterocycles. The zero-order valence-corrected chi connectivity index (χ0v) is 16.1. The molecule has 1 atom stereocenters. The van der Waals surface area contributed by atoms with Crippen LogP contribution in [0.1, 0.15) is 37.4 Å². The zero-order valence-electron chi connectivity index (χ0n) is 16.1. The number of nitrogens with zero attached hydrogens (tertiary/aromatic N) is 2. The first-order valence-electron chi connectivity index (χ1n) is 9.67. The van der Waals surface area contributed by atoms with Crippen LogP contribution in [0.25, 0.3) is 0 Å². The SMILES string of the molecule is CCNC(=NCC(=O)N1CCCc2ccccc21)NC(C)c1ccccc1. The number of carbonyl (C=O) groups excluding carboxylic acids is 1. The molecule has 0 radical (unpaired) electrons. The standard InChI is InChI=1S/C22H28N4O/c1-3-23-22(25-17(2)18-10-5-4-6-11-18)24-16-21(27)26-15-9-13-19-12-7-8-14-20(19)26/h4-8,10-12,14,17H,3,9,13,15-16H2,1-2H3,(H2,23,24,25). The van der Waals surface area contributed by atoms with Gasteiger partial charge in [0.15, 0.2) is 5.96 Å². The van der Waals surface area contributed by atoms with Crippen LogP contribution in [0.4, 0.5) is 5.69 Å². The highest BCUT2D eigenvalue weighted by Crippen LogP contribution is 2.26. The molecule has 0 saturated carbocycles. The predicted molar refractivity (Wildman–Crippen MR) is 111 cm³/mol. The summed E-state index contributed by atoms with van der Waals surface area (Å²) in [5.74, 6) is 0.694. The topological polar surface area (TPSA) is 56.7 Å². The number of carbonyl (C=O) groups is 1. The average molecular weight is 364 g/mol. The Morgan fingerprint density at radius 1 is 1.15 bits per heavy atom. The van der Waals surface area contributed by atoms with E-state index in [9.17, 15) is 4.79 Å². The second kappa shape index (κ2) is 9.21. The maximum Gasteiger partial charge on any atom is 0.248 e. The summed E-state index contributed by atoms with van der Waals surface area (Å²) in [5.41, 5.74) is 3.45. The number of aryl methyl sites for hydroxylation is 1. The van der Waals surface area contributed by atoms with Crippen molar-refractivity contribution in [1.82, 2.24) is 10.6 Å². The first-order chi connectivity index (χ1) is 13.2. The van der Waals surface area contributed by atoms with Gasteiger partial charge in [-0.15, -0.1) is 0 Å². The Kier molecular flexibility index (Phi) is 6.47. The maximum atomic E-state index is 12.8. The zero-order chi connectivity index (χ0) is 19.1. The number of anilines is 1. The predicted octanol–water partition coefficient (Wildman–Crippen LogP) is 3.28. The van der Waals surface area contributed by atoms with E-state index in [-0.39, 0.29) is 18.5 Å². The van der Waals surface area contributed by atoms with Gasteiger partial charge in [-0.2, -0.15) is 0 Å². The molecule has 0 saturated heterocycles. The fraction of sp³-hybridized carbons (Fsp3) is 0.364. The third kappa shape index (κ3) is 4.88. The van der Waals surface area contributed by atoms with Crippen LogP contribution in [0.2, 0.25) is 0 Å². The van der Waals surface area contributed by atoms with Gasteiger partial charge >= 0.3 is 0 Å². The minimum Gasteiger partial charge on any atom is -0.357 e. The summed E-state index contributed by atoms with van der Waals surface area (Å²) in [4.78, 5) is 19.2. The van der Waals surface area contributed by atoms with Crippen LogP contribution in [0.15, 0.2) is 59.6 Å². The van der Waals surface area contributed by atoms with Crippen LogP contribution in [0.5, 0.6) is 0 Å². The van der Waals surface area contributed by atoms with Crippen molar-refractivity contribution in [2.45, 2.75) is 32.7 Å². The molecule has 1 aliphatic rings. The van der Waals surface area contributed by atoms with Crippen LogP contribution in [0, 0.1) is 0 Å². The molecule has 1 amide bonds. The van der Waals surface area contributed by atoms with E-state index in [4.69, 9.17) is 0 Å². The normalized spacial score (nSPS) is 15.0. The number of guanidine groups is 1. The van der Waals surface area contributed by atoms with Crippen molar-refractivity contribution in [3.8, 4) is 0 Å². The lowest BCUT2D eigenvalue weighted by Gasteiger charge is -2.29. The fourth-order valence-corrected chi connectivity index (χ4v) is 3.37. The Bertz CT molecular complexity index is 788. The minimum atomic E-state index is 0.0340. The number of benzene rings is 2. The molecule has 2 aromatic carbocycles. The van der Waals surface area contributed by atoms with Gasteiger partial charge in [-0.25, -0.2) is 4.99 Å². The van der Waals surface area contributed by atoms with Crippen LogP contribution >= 0.6 is 0 Å². The van der Waals surface area contributed by atoms with Gasteiger partial charge in [-0.05, 0) is 43.9 Å². The average Bonchev–Trinajstić information content (AvgIpc) is 2.72. The lowest BCUT2D eigenvalue weighted by Crippen LogP contribution is -2.41. The third-order valence-corrected chi connectivity index (χ3v) is 4.78. The summed E-state index contributed by atoms with van der Waals surface area (Å²) in [6.45, 7) is 5.74. The van der Waals surface area contributed by atoms with Gasteiger partial charge in [0.2, 0.25) is 5.91 Å². The number of para-hydroxylation sites is 1. The Balaban J connectivity index is 1.67. The summed E-state index contributed by atoms with van der Waals surface area (Å²) in [7, 11) is 0. The molecule has 0 fully saturated rings. The summed E-state index contributed by atoms with van der Waals surface area (Å²) in [6.07, 6.45) is 2.03. The summed E-state index contributed by atoms with van der Waals surface area (Å²) in [6, 6.07) is 18.5. The van der Waals surface area contributed by atoms with E-state index < -0.39 is 0 Å². The lowest BCUT2D eigenvalue weighted by molar-refractivity contribution is -0.117. The molecule has 0 aliphatic carbocycles. The van der Waals surface area contributed by atoms with Gasteiger partial charge in [0.05, 0.1) is 6.04 Å². The summed E-state index contributed by atoms with van der Waals surface area (Å²) in [5, 5.41) is 6.61. The van der Waals surface area contributed by atoms with Crippen molar-refractivity contribution in [3.63, 3.8) is 0 Å². The summed E-state index contributed by atoms with van der Waals surface area (Å²) < 4.78 is 0. The van der Waals surface area contributed by atoms with Crippen LogP contribution in [-0.4, -0.2) is 31.5 Å². The monoisotopic (exact) mass is 364 g/mol.